The highest BCUT2D eigenvalue weighted by atomic mass is 19.1. The standard InChI is InChI=1S/C8H10FN3O.CH4/c9-6-3-11-8(12-4-6)13-7-1-2-10-5-7;/h3-4,7,10H,1-2,5H2;1H4/t7-;/m1./s1. The lowest BCUT2D eigenvalue weighted by atomic mass is 10.3. The second-order valence-corrected chi connectivity index (χ2v) is 2.92. The van der Waals surface area contributed by atoms with E-state index in [1.807, 2.05) is 0 Å². The van der Waals surface area contributed by atoms with Gasteiger partial charge in [-0.2, -0.15) is 0 Å². The molecule has 2 heterocycles. The van der Waals surface area contributed by atoms with Crippen LogP contribution in [-0.4, -0.2) is 29.2 Å². The molecule has 4 nitrogen and oxygen atoms in total. The van der Waals surface area contributed by atoms with E-state index in [-0.39, 0.29) is 19.5 Å². The Morgan fingerprint density at radius 1 is 1.43 bits per heavy atom. The van der Waals surface area contributed by atoms with E-state index in [9.17, 15) is 4.39 Å². The highest BCUT2D eigenvalue weighted by Crippen LogP contribution is 2.08. The van der Waals surface area contributed by atoms with Crippen molar-refractivity contribution in [2.75, 3.05) is 13.1 Å². The van der Waals surface area contributed by atoms with Gasteiger partial charge in [-0.25, -0.2) is 14.4 Å². The third-order valence-corrected chi connectivity index (χ3v) is 1.88. The predicted octanol–water partition coefficient (Wildman–Crippen LogP) is 0.992. The van der Waals surface area contributed by atoms with Crippen LogP contribution in [0.1, 0.15) is 13.8 Å². The Morgan fingerprint density at radius 3 is 2.71 bits per heavy atom. The molecule has 14 heavy (non-hydrogen) atoms. The summed E-state index contributed by atoms with van der Waals surface area (Å²) in [5.41, 5.74) is 0. The van der Waals surface area contributed by atoms with Crippen molar-refractivity contribution in [1.29, 1.82) is 0 Å². The Morgan fingerprint density at radius 2 is 2.14 bits per heavy atom. The van der Waals surface area contributed by atoms with Gasteiger partial charge in [0.1, 0.15) is 6.10 Å². The average molecular weight is 199 g/mol. The minimum atomic E-state index is -0.447. The maximum atomic E-state index is 12.4. The van der Waals surface area contributed by atoms with Crippen molar-refractivity contribution < 1.29 is 9.13 Å². The van der Waals surface area contributed by atoms with Crippen molar-refractivity contribution in [3.8, 4) is 6.01 Å². The number of aromatic nitrogens is 2. The van der Waals surface area contributed by atoms with E-state index in [4.69, 9.17) is 4.74 Å². The third-order valence-electron chi connectivity index (χ3n) is 1.88. The molecule has 1 aliphatic heterocycles. The zero-order valence-electron chi connectivity index (χ0n) is 7.03. The van der Waals surface area contributed by atoms with Gasteiger partial charge in [0.15, 0.2) is 5.82 Å². The number of hydrogen-bond donors (Lipinski definition) is 1. The SMILES string of the molecule is C.Fc1cnc(O[C@@H]2CCNC2)nc1. The number of halogens is 1. The Hall–Kier alpha value is -1.23. The van der Waals surface area contributed by atoms with Gasteiger partial charge in [0.25, 0.3) is 0 Å². The summed E-state index contributed by atoms with van der Waals surface area (Å²) in [5.74, 6) is -0.447. The van der Waals surface area contributed by atoms with E-state index in [2.05, 4.69) is 15.3 Å². The van der Waals surface area contributed by atoms with Crippen molar-refractivity contribution >= 4 is 0 Å². The molecule has 0 spiro atoms. The van der Waals surface area contributed by atoms with Crippen molar-refractivity contribution in [3.63, 3.8) is 0 Å². The molecule has 1 saturated heterocycles. The molecule has 1 aromatic rings. The predicted molar refractivity (Wildman–Crippen MR) is 50.6 cm³/mol. The van der Waals surface area contributed by atoms with Crippen LogP contribution in [0.25, 0.3) is 0 Å². The minimum absolute atomic E-state index is 0. The molecule has 1 aromatic heterocycles. The number of hydrogen-bond acceptors (Lipinski definition) is 4. The molecule has 0 aromatic carbocycles. The molecule has 0 radical (unpaired) electrons. The summed E-state index contributed by atoms with van der Waals surface area (Å²) >= 11 is 0. The first kappa shape index (κ1) is 10.8. The monoisotopic (exact) mass is 199 g/mol. The van der Waals surface area contributed by atoms with E-state index in [1.54, 1.807) is 0 Å². The first-order chi connectivity index (χ1) is 6.34. The highest BCUT2D eigenvalue weighted by molar-refractivity contribution is 4.97. The highest BCUT2D eigenvalue weighted by Gasteiger charge is 2.16. The average Bonchev–Trinajstić information content (AvgIpc) is 2.62. The molecule has 1 aliphatic rings. The second kappa shape index (κ2) is 4.85. The molecular formula is C9H14FN3O. The quantitative estimate of drug-likeness (QED) is 0.771. The molecule has 1 atom stereocenters. The maximum absolute atomic E-state index is 12.4. The summed E-state index contributed by atoms with van der Waals surface area (Å²) in [6.07, 6.45) is 3.27. The van der Waals surface area contributed by atoms with E-state index in [0.29, 0.717) is 0 Å². The van der Waals surface area contributed by atoms with E-state index in [0.717, 1.165) is 31.9 Å². The van der Waals surface area contributed by atoms with Crippen molar-refractivity contribution in [2.45, 2.75) is 20.0 Å². The molecule has 0 saturated carbocycles. The molecule has 0 amide bonds. The topological polar surface area (TPSA) is 47.0 Å². The van der Waals surface area contributed by atoms with Crippen LogP contribution in [0.2, 0.25) is 0 Å². The maximum Gasteiger partial charge on any atom is 0.316 e. The Bertz CT molecular complexity index is 272. The van der Waals surface area contributed by atoms with Gasteiger partial charge in [0.2, 0.25) is 0 Å². The summed E-state index contributed by atoms with van der Waals surface area (Å²) in [6, 6.07) is 0.245. The molecule has 1 fully saturated rings. The Kier molecular flexibility index (Phi) is 3.76. The molecule has 1 N–H and O–H groups in total. The van der Waals surface area contributed by atoms with Crippen LogP contribution in [0.3, 0.4) is 0 Å². The lowest BCUT2D eigenvalue weighted by Gasteiger charge is -2.09. The lowest BCUT2D eigenvalue weighted by molar-refractivity contribution is 0.203. The van der Waals surface area contributed by atoms with E-state index >= 15 is 0 Å². The summed E-state index contributed by atoms with van der Waals surface area (Å²) in [5, 5.41) is 3.15. The Labute approximate surface area is 82.5 Å². The van der Waals surface area contributed by atoms with Gasteiger partial charge in [0, 0.05) is 6.54 Å². The molecule has 0 bridgehead atoms. The van der Waals surface area contributed by atoms with Crippen LogP contribution in [0.15, 0.2) is 12.4 Å². The number of nitrogens with one attached hydrogen (secondary N) is 1. The van der Waals surface area contributed by atoms with Crippen LogP contribution >= 0.6 is 0 Å². The van der Waals surface area contributed by atoms with Crippen LogP contribution < -0.4 is 10.1 Å². The van der Waals surface area contributed by atoms with Crippen LogP contribution in [0, 0.1) is 5.82 Å². The van der Waals surface area contributed by atoms with Crippen LogP contribution in [0.4, 0.5) is 4.39 Å². The molecule has 0 aliphatic carbocycles. The van der Waals surface area contributed by atoms with Gasteiger partial charge in [-0.05, 0) is 13.0 Å². The zero-order chi connectivity index (χ0) is 9.10. The van der Waals surface area contributed by atoms with Gasteiger partial charge in [0.05, 0.1) is 12.4 Å². The number of ether oxygens (including phenoxy) is 1. The number of nitrogens with zero attached hydrogens (tertiary/aromatic N) is 2. The molecule has 0 unspecified atom stereocenters. The molecular weight excluding hydrogens is 185 g/mol. The second-order valence-electron chi connectivity index (χ2n) is 2.92. The van der Waals surface area contributed by atoms with Crippen molar-refractivity contribution in [1.82, 2.24) is 15.3 Å². The zero-order valence-corrected chi connectivity index (χ0v) is 7.03. The number of rotatable bonds is 2. The summed E-state index contributed by atoms with van der Waals surface area (Å²) in [7, 11) is 0. The van der Waals surface area contributed by atoms with E-state index in [1.165, 1.54) is 0 Å². The molecule has 5 heteroatoms. The fourth-order valence-electron chi connectivity index (χ4n) is 1.24. The summed E-state index contributed by atoms with van der Waals surface area (Å²) in [4.78, 5) is 7.41. The van der Waals surface area contributed by atoms with E-state index < -0.39 is 5.82 Å². The van der Waals surface area contributed by atoms with Crippen LogP contribution in [-0.2, 0) is 0 Å². The van der Waals surface area contributed by atoms with Gasteiger partial charge in [-0.1, -0.05) is 7.43 Å². The van der Waals surface area contributed by atoms with Gasteiger partial charge in [-0.15, -0.1) is 0 Å². The smallest absolute Gasteiger partial charge is 0.316 e. The fourth-order valence-corrected chi connectivity index (χ4v) is 1.24. The summed E-state index contributed by atoms with van der Waals surface area (Å²) < 4.78 is 17.8. The lowest BCUT2D eigenvalue weighted by Crippen LogP contribution is -2.20. The fraction of sp³-hybridized carbons (Fsp3) is 0.556. The molecule has 78 valence electrons. The summed E-state index contributed by atoms with van der Waals surface area (Å²) in [6.45, 7) is 1.76. The van der Waals surface area contributed by atoms with Crippen molar-refractivity contribution in [3.05, 3.63) is 18.2 Å². The van der Waals surface area contributed by atoms with Crippen LogP contribution in [0.5, 0.6) is 6.01 Å². The normalized spacial score (nSPS) is 20.2. The first-order valence-electron chi connectivity index (χ1n) is 4.19. The molecule has 2 rings (SSSR count). The van der Waals surface area contributed by atoms with Gasteiger partial charge < -0.3 is 10.1 Å². The minimum Gasteiger partial charge on any atom is -0.459 e. The first-order valence-corrected chi connectivity index (χ1v) is 4.19. The van der Waals surface area contributed by atoms with Gasteiger partial charge in [-0.3, -0.25) is 0 Å². The Balaban J connectivity index is 0.000000980. The van der Waals surface area contributed by atoms with Crippen molar-refractivity contribution in [2.24, 2.45) is 0 Å². The third kappa shape index (κ3) is 2.63. The van der Waals surface area contributed by atoms with Gasteiger partial charge >= 0.3 is 6.01 Å². The largest absolute Gasteiger partial charge is 0.459 e.